The Bertz CT molecular complexity index is 532. The number of hydrogen-bond donors (Lipinski definition) is 2. The number of sulfonamides is 1. The van der Waals surface area contributed by atoms with Crippen LogP contribution < -0.4 is 10.0 Å². The molecular formula is C15H29N3O2S. The van der Waals surface area contributed by atoms with E-state index in [0.717, 1.165) is 18.7 Å². The molecule has 1 atom stereocenters. The Morgan fingerprint density at radius 3 is 2.43 bits per heavy atom. The first-order valence-electron chi connectivity index (χ1n) is 7.47. The molecule has 1 heterocycles. The third-order valence-electron chi connectivity index (χ3n) is 3.72. The van der Waals surface area contributed by atoms with Gasteiger partial charge in [0, 0.05) is 31.0 Å². The number of aromatic nitrogens is 1. The van der Waals surface area contributed by atoms with Gasteiger partial charge >= 0.3 is 0 Å². The van der Waals surface area contributed by atoms with Crippen LogP contribution in [0.3, 0.4) is 0 Å². The highest BCUT2D eigenvalue weighted by molar-refractivity contribution is 7.89. The Morgan fingerprint density at radius 2 is 1.95 bits per heavy atom. The zero-order chi connectivity index (χ0) is 16.3. The van der Waals surface area contributed by atoms with Gasteiger partial charge in [-0.05, 0) is 31.9 Å². The van der Waals surface area contributed by atoms with Crippen molar-refractivity contribution in [1.29, 1.82) is 0 Å². The van der Waals surface area contributed by atoms with Crippen LogP contribution in [0.4, 0.5) is 0 Å². The van der Waals surface area contributed by atoms with E-state index in [1.807, 2.05) is 39.3 Å². The minimum absolute atomic E-state index is 0.118. The van der Waals surface area contributed by atoms with Gasteiger partial charge in [-0.15, -0.1) is 0 Å². The van der Waals surface area contributed by atoms with Gasteiger partial charge in [-0.2, -0.15) is 0 Å². The highest BCUT2D eigenvalue weighted by Gasteiger charge is 2.27. The summed E-state index contributed by atoms with van der Waals surface area (Å²) in [6, 6.07) is 1.62. The van der Waals surface area contributed by atoms with E-state index < -0.39 is 10.0 Å². The fraction of sp³-hybridized carbons (Fsp3) is 0.733. The van der Waals surface area contributed by atoms with Crippen LogP contribution in [0.15, 0.2) is 17.2 Å². The van der Waals surface area contributed by atoms with Gasteiger partial charge < -0.3 is 9.88 Å². The van der Waals surface area contributed by atoms with Gasteiger partial charge in [0.2, 0.25) is 10.0 Å². The molecule has 0 amide bonds. The molecule has 0 aliphatic heterocycles. The molecule has 2 N–H and O–H groups in total. The fourth-order valence-electron chi connectivity index (χ4n) is 1.93. The van der Waals surface area contributed by atoms with Gasteiger partial charge in [-0.3, -0.25) is 0 Å². The van der Waals surface area contributed by atoms with Crippen molar-refractivity contribution in [3.05, 3.63) is 18.0 Å². The molecule has 0 spiro atoms. The topological polar surface area (TPSA) is 63.1 Å². The summed E-state index contributed by atoms with van der Waals surface area (Å²) in [5, 5.41) is 3.08. The number of rotatable bonds is 7. The maximum absolute atomic E-state index is 12.5. The van der Waals surface area contributed by atoms with E-state index in [1.54, 1.807) is 12.3 Å². The summed E-state index contributed by atoms with van der Waals surface area (Å²) in [6.07, 6.45) is 2.70. The Balaban J connectivity index is 3.05. The van der Waals surface area contributed by atoms with Gasteiger partial charge in [0.25, 0.3) is 0 Å². The normalized spacial score (nSPS) is 14.4. The number of nitrogens with zero attached hydrogens (tertiary/aromatic N) is 1. The molecule has 0 radical (unpaired) electrons. The second-order valence-corrected chi connectivity index (χ2v) is 8.31. The number of nitrogens with one attached hydrogen (secondary N) is 2. The standard InChI is InChI=1S/C15H29N3O2S/c1-7-8-18-11-14(9-13(18)10-16-6)21(19,20)17-12(2)15(3,4)5/h9,11-12,16-17H,7-8,10H2,1-6H3. The van der Waals surface area contributed by atoms with E-state index in [2.05, 4.69) is 17.0 Å². The molecular weight excluding hydrogens is 286 g/mol. The predicted octanol–water partition coefficient (Wildman–Crippen LogP) is 2.33. The minimum atomic E-state index is -3.48. The lowest BCUT2D eigenvalue weighted by Gasteiger charge is -2.27. The molecule has 0 fully saturated rings. The molecule has 0 bridgehead atoms. The van der Waals surface area contributed by atoms with E-state index in [-0.39, 0.29) is 11.5 Å². The predicted molar refractivity (Wildman–Crippen MR) is 86.7 cm³/mol. The van der Waals surface area contributed by atoms with Crippen molar-refractivity contribution < 1.29 is 8.42 Å². The first-order valence-corrected chi connectivity index (χ1v) is 8.96. The monoisotopic (exact) mass is 315 g/mol. The summed E-state index contributed by atoms with van der Waals surface area (Å²) >= 11 is 0. The van der Waals surface area contributed by atoms with E-state index in [9.17, 15) is 8.42 Å². The molecule has 1 aromatic rings. The Kier molecular flexibility index (Phi) is 6.01. The van der Waals surface area contributed by atoms with Gasteiger partial charge in [0.05, 0.1) is 4.90 Å². The van der Waals surface area contributed by atoms with E-state index in [1.165, 1.54) is 0 Å². The first kappa shape index (κ1) is 18.2. The van der Waals surface area contributed by atoms with Crippen LogP contribution in [0.2, 0.25) is 0 Å². The lowest BCUT2D eigenvalue weighted by atomic mass is 9.89. The van der Waals surface area contributed by atoms with Crippen molar-refractivity contribution in [2.45, 2.75) is 65.1 Å². The Morgan fingerprint density at radius 1 is 1.33 bits per heavy atom. The van der Waals surface area contributed by atoms with Crippen molar-refractivity contribution in [1.82, 2.24) is 14.6 Å². The zero-order valence-electron chi connectivity index (χ0n) is 14.0. The second kappa shape index (κ2) is 6.94. The smallest absolute Gasteiger partial charge is 0.242 e. The zero-order valence-corrected chi connectivity index (χ0v) is 14.8. The average Bonchev–Trinajstić information content (AvgIpc) is 2.73. The summed E-state index contributed by atoms with van der Waals surface area (Å²) < 4.78 is 29.8. The molecule has 5 nitrogen and oxygen atoms in total. The molecule has 0 saturated carbocycles. The summed E-state index contributed by atoms with van der Waals surface area (Å²) in [4.78, 5) is 0.345. The summed E-state index contributed by atoms with van der Waals surface area (Å²) in [7, 11) is -1.62. The van der Waals surface area contributed by atoms with Crippen LogP contribution >= 0.6 is 0 Å². The fourth-order valence-corrected chi connectivity index (χ4v) is 3.44. The molecule has 122 valence electrons. The second-order valence-electron chi connectivity index (χ2n) is 6.60. The van der Waals surface area contributed by atoms with Crippen molar-refractivity contribution >= 4 is 10.0 Å². The van der Waals surface area contributed by atoms with E-state index in [4.69, 9.17) is 0 Å². The number of hydrogen-bond acceptors (Lipinski definition) is 3. The maximum atomic E-state index is 12.5. The molecule has 21 heavy (non-hydrogen) atoms. The minimum Gasteiger partial charge on any atom is -0.349 e. The van der Waals surface area contributed by atoms with Gasteiger partial charge in [0.1, 0.15) is 0 Å². The van der Waals surface area contributed by atoms with Gasteiger partial charge in [0.15, 0.2) is 0 Å². The molecule has 1 rings (SSSR count). The molecule has 6 heteroatoms. The van der Waals surface area contributed by atoms with E-state index in [0.29, 0.717) is 11.4 Å². The first-order chi connectivity index (χ1) is 9.61. The SMILES string of the molecule is CCCn1cc(S(=O)(=O)NC(C)C(C)(C)C)cc1CNC. The largest absolute Gasteiger partial charge is 0.349 e. The van der Waals surface area contributed by atoms with Gasteiger partial charge in [-0.1, -0.05) is 27.7 Å². The molecule has 1 aromatic heterocycles. The average molecular weight is 315 g/mol. The Hall–Kier alpha value is -0.850. The Labute approximate surface area is 129 Å². The van der Waals surface area contributed by atoms with Crippen LogP contribution in [-0.4, -0.2) is 26.1 Å². The lowest BCUT2D eigenvalue weighted by molar-refractivity contribution is 0.317. The molecule has 1 unspecified atom stereocenters. The third-order valence-corrected chi connectivity index (χ3v) is 5.23. The van der Waals surface area contributed by atoms with Crippen LogP contribution in [0.1, 0.15) is 46.7 Å². The summed E-state index contributed by atoms with van der Waals surface area (Å²) in [5.74, 6) is 0. The molecule has 0 saturated heterocycles. The van der Waals surface area contributed by atoms with Crippen molar-refractivity contribution in [3.8, 4) is 0 Å². The van der Waals surface area contributed by atoms with Crippen LogP contribution in [0.5, 0.6) is 0 Å². The summed E-state index contributed by atoms with van der Waals surface area (Å²) in [5.41, 5.74) is 0.871. The number of aryl methyl sites for hydroxylation is 1. The van der Waals surface area contributed by atoms with Crippen molar-refractivity contribution in [2.24, 2.45) is 5.41 Å². The van der Waals surface area contributed by atoms with Crippen LogP contribution in [-0.2, 0) is 23.1 Å². The third kappa shape index (κ3) is 4.83. The van der Waals surface area contributed by atoms with Crippen LogP contribution in [0, 0.1) is 5.41 Å². The highest BCUT2D eigenvalue weighted by Crippen LogP contribution is 2.22. The van der Waals surface area contributed by atoms with Gasteiger partial charge in [-0.25, -0.2) is 13.1 Å². The van der Waals surface area contributed by atoms with Crippen LogP contribution in [0.25, 0.3) is 0 Å². The highest BCUT2D eigenvalue weighted by atomic mass is 32.2. The van der Waals surface area contributed by atoms with Crippen molar-refractivity contribution in [3.63, 3.8) is 0 Å². The summed E-state index contributed by atoms with van der Waals surface area (Å²) in [6.45, 7) is 11.5. The van der Waals surface area contributed by atoms with Crippen molar-refractivity contribution in [2.75, 3.05) is 7.05 Å². The van der Waals surface area contributed by atoms with E-state index >= 15 is 0 Å². The quantitative estimate of drug-likeness (QED) is 0.812. The maximum Gasteiger partial charge on any atom is 0.242 e. The molecule has 0 aliphatic rings. The molecule has 0 aromatic carbocycles. The lowest BCUT2D eigenvalue weighted by Crippen LogP contribution is -2.41. The molecule has 0 aliphatic carbocycles.